The highest BCUT2D eigenvalue weighted by atomic mass is 32.1. The summed E-state index contributed by atoms with van der Waals surface area (Å²) in [6, 6.07) is 12.1. The van der Waals surface area contributed by atoms with Crippen LogP contribution < -0.4 is 9.54 Å². The van der Waals surface area contributed by atoms with E-state index in [0.717, 1.165) is 10.2 Å². The molecule has 0 fully saturated rings. The minimum atomic E-state index is -0.408. The molecule has 0 aliphatic heterocycles. The molecular formula is C21H20N2O4S. The number of carbonyl (C=O) groups excluding carboxylic acids is 2. The summed E-state index contributed by atoms with van der Waals surface area (Å²) in [4.78, 5) is 29.2. The molecule has 144 valence electrons. The van der Waals surface area contributed by atoms with E-state index in [4.69, 9.17) is 9.47 Å². The van der Waals surface area contributed by atoms with Gasteiger partial charge in [-0.1, -0.05) is 17.4 Å². The van der Waals surface area contributed by atoms with Crippen molar-refractivity contribution in [2.75, 3.05) is 13.7 Å². The molecule has 2 aromatic carbocycles. The molecule has 0 atom stereocenters. The molecule has 0 aliphatic rings. The molecule has 6 nitrogen and oxygen atoms in total. The predicted octanol–water partition coefficient (Wildman–Crippen LogP) is 3.82. The summed E-state index contributed by atoms with van der Waals surface area (Å²) < 4.78 is 12.9. The van der Waals surface area contributed by atoms with E-state index in [2.05, 4.69) is 11.6 Å². The number of hydrogen-bond acceptors (Lipinski definition) is 5. The Morgan fingerprint density at radius 1 is 1.18 bits per heavy atom. The standard InChI is InChI=1S/C21H20N2O4S/c1-4-12-23-17-11-8-15(20(25)26-3)13-18(17)28-21(23)22-19(24)14-6-9-16(10-7-14)27-5-2/h4,6-11,13H,1,5,12H2,2-3H3. The van der Waals surface area contributed by atoms with Crippen LogP contribution in [0.4, 0.5) is 0 Å². The topological polar surface area (TPSA) is 69.9 Å². The number of rotatable bonds is 6. The van der Waals surface area contributed by atoms with Crippen molar-refractivity contribution >= 4 is 33.4 Å². The molecular weight excluding hydrogens is 376 g/mol. The Morgan fingerprint density at radius 2 is 1.89 bits per heavy atom. The third-order valence-corrected chi connectivity index (χ3v) is 5.07. The van der Waals surface area contributed by atoms with Crippen LogP contribution in [0.15, 0.2) is 60.1 Å². The van der Waals surface area contributed by atoms with Crippen molar-refractivity contribution < 1.29 is 19.1 Å². The van der Waals surface area contributed by atoms with Gasteiger partial charge in [0.1, 0.15) is 5.75 Å². The SMILES string of the molecule is C=CCn1c(=NC(=O)c2ccc(OCC)cc2)sc2cc(C(=O)OC)ccc21. The monoisotopic (exact) mass is 396 g/mol. The summed E-state index contributed by atoms with van der Waals surface area (Å²) >= 11 is 1.34. The van der Waals surface area contributed by atoms with Crippen molar-refractivity contribution in [3.8, 4) is 5.75 Å². The second-order valence-corrected chi connectivity index (χ2v) is 6.84. The zero-order valence-electron chi connectivity index (χ0n) is 15.7. The molecule has 7 heteroatoms. The minimum Gasteiger partial charge on any atom is -0.494 e. The smallest absolute Gasteiger partial charge is 0.337 e. The van der Waals surface area contributed by atoms with Crippen LogP contribution in [-0.2, 0) is 11.3 Å². The van der Waals surface area contributed by atoms with Gasteiger partial charge in [0.25, 0.3) is 5.91 Å². The minimum absolute atomic E-state index is 0.347. The fourth-order valence-electron chi connectivity index (χ4n) is 2.72. The Labute approximate surface area is 166 Å². The quantitative estimate of drug-likeness (QED) is 0.469. The maximum absolute atomic E-state index is 12.6. The number of benzene rings is 2. The van der Waals surface area contributed by atoms with Gasteiger partial charge in [-0.2, -0.15) is 4.99 Å². The molecule has 0 saturated heterocycles. The number of nitrogens with zero attached hydrogens (tertiary/aromatic N) is 2. The van der Waals surface area contributed by atoms with E-state index >= 15 is 0 Å². The number of hydrogen-bond donors (Lipinski definition) is 0. The number of amides is 1. The molecule has 0 N–H and O–H groups in total. The normalized spacial score (nSPS) is 11.4. The molecule has 0 bridgehead atoms. The summed E-state index contributed by atoms with van der Waals surface area (Å²) in [5.41, 5.74) is 1.79. The molecule has 28 heavy (non-hydrogen) atoms. The molecule has 3 aromatic rings. The number of esters is 1. The number of thiazole rings is 1. The molecule has 0 unspecified atom stereocenters. The van der Waals surface area contributed by atoms with Crippen LogP contribution in [-0.4, -0.2) is 30.2 Å². The highest BCUT2D eigenvalue weighted by molar-refractivity contribution is 7.16. The Hall–Kier alpha value is -3.19. The van der Waals surface area contributed by atoms with E-state index in [0.29, 0.717) is 34.8 Å². The van der Waals surface area contributed by atoms with Crippen molar-refractivity contribution in [2.24, 2.45) is 4.99 Å². The number of aromatic nitrogens is 1. The van der Waals surface area contributed by atoms with Crippen LogP contribution in [0, 0.1) is 0 Å². The van der Waals surface area contributed by atoms with E-state index in [1.54, 1.807) is 42.5 Å². The van der Waals surface area contributed by atoms with E-state index in [9.17, 15) is 9.59 Å². The first-order valence-corrected chi connectivity index (χ1v) is 9.53. The number of fused-ring (bicyclic) bond motifs is 1. The molecule has 0 radical (unpaired) electrons. The molecule has 1 aromatic heterocycles. The van der Waals surface area contributed by atoms with Crippen LogP contribution in [0.2, 0.25) is 0 Å². The van der Waals surface area contributed by atoms with Crippen molar-refractivity contribution in [2.45, 2.75) is 13.5 Å². The lowest BCUT2D eigenvalue weighted by atomic mass is 10.2. The van der Waals surface area contributed by atoms with Gasteiger partial charge in [-0.3, -0.25) is 4.79 Å². The fourth-order valence-corrected chi connectivity index (χ4v) is 3.80. The largest absolute Gasteiger partial charge is 0.494 e. The first-order chi connectivity index (χ1) is 13.6. The van der Waals surface area contributed by atoms with E-state index in [-0.39, 0.29) is 5.91 Å². The van der Waals surface area contributed by atoms with Gasteiger partial charge >= 0.3 is 5.97 Å². The van der Waals surface area contributed by atoms with Crippen molar-refractivity contribution in [1.82, 2.24) is 4.57 Å². The molecule has 3 rings (SSSR count). The summed E-state index contributed by atoms with van der Waals surface area (Å²) in [5.74, 6) is -0.0481. The first-order valence-electron chi connectivity index (χ1n) is 8.72. The van der Waals surface area contributed by atoms with E-state index in [1.807, 2.05) is 17.6 Å². The number of methoxy groups -OCH3 is 1. The van der Waals surface area contributed by atoms with Gasteiger partial charge in [0.15, 0.2) is 4.80 Å². The maximum Gasteiger partial charge on any atom is 0.337 e. The molecule has 1 heterocycles. The van der Waals surface area contributed by atoms with Gasteiger partial charge in [0.05, 0.1) is 29.5 Å². The zero-order valence-corrected chi connectivity index (χ0v) is 16.5. The van der Waals surface area contributed by atoms with E-state index in [1.165, 1.54) is 18.4 Å². The average molecular weight is 396 g/mol. The van der Waals surface area contributed by atoms with Crippen LogP contribution in [0.3, 0.4) is 0 Å². The van der Waals surface area contributed by atoms with Crippen LogP contribution in [0.25, 0.3) is 10.2 Å². The van der Waals surface area contributed by atoms with Crippen molar-refractivity contribution in [3.63, 3.8) is 0 Å². The number of allylic oxidation sites excluding steroid dienone is 1. The highest BCUT2D eigenvalue weighted by Crippen LogP contribution is 2.20. The highest BCUT2D eigenvalue weighted by Gasteiger charge is 2.12. The van der Waals surface area contributed by atoms with Crippen LogP contribution in [0.1, 0.15) is 27.6 Å². The Balaban J connectivity index is 2.04. The lowest BCUT2D eigenvalue weighted by molar-refractivity contribution is 0.0601. The molecule has 0 spiro atoms. The maximum atomic E-state index is 12.6. The summed E-state index contributed by atoms with van der Waals surface area (Å²) in [6.07, 6.45) is 1.74. The van der Waals surface area contributed by atoms with Gasteiger partial charge in [-0.15, -0.1) is 6.58 Å². The van der Waals surface area contributed by atoms with Gasteiger partial charge in [-0.05, 0) is 49.4 Å². The van der Waals surface area contributed by atoms with Crippen molar-refractivity contribution in [3.05, 3.63) is 71.0 Å². The third-order valence-electron chi connectivity index (χ3n) is 4.02. The summed E-state index contributed by atoms with van der Waals surface area (Å²) in [7, 11) is 1.34. The first kappa shape index (κ1) is 19.6. The lowest BCUT2D eigenvalue weighted by Crippen LogP contribution is -2.16. The summed E-state index contributed by atoms with van der Waals surface area (Å²) in [5, 5.41) is 0. The van der Waals surface area contributed by atoms with Crippen LogP contribution in [0.5, 0.6) is 5.75 Å². The molecule has 0 saturated carbocycles. The van der Waals surface area contributed by atoms with Crippen LogP contribution >= 0.6 is 11.3 Å². The predicted molar refractivity (Wildman–Crippen MR) is 109 cm³/mol. The third kappa shape index (κ3) is 4.04. The number of ether oxygens (including phenoxy) is 2. The summed E-state index contributed by atoms with van der Waals surface area (Å²) in [6.45, 7) is 6.74. The lowest BCUT2D eigenvalue weighted by Gasteiger charge is -2.03. The Bertz CT molecular complexity index is 1090. The Kier molecular flexibility index (Phi) is 6.06. The second kappa shape index (κ2) is 8.67. The van der Waals surface area contributed by atoms with Gasteiger partial charge in [0.2, 0.25) is 0 Å². The molecule has 0 aliphatic carbocycles. The van der Waals surface area contributed by atoms with Gasteiger partial charge in [0, 0.05) is 12.1 Å². The van der Waals surface area contributed by atoms with E-state index < -0.39 is 5.97 Å². The van der Waals surface area contributed by atoms with Gasteiger partial charge in [-0.25, -0.2) is 4.79 Å². The van der Waals surface area contributed by atoms with Crippen molar-refractivity contribution in [1.29, 1.82) is 0 Å². The average Bonchev–Trinajstić information content (AvgIpc) is 3.04. The Morgan fingerprint density at radius 3 is 2.54 bits per heavy atom. The van der Waals surface area contributed by atoms with Gasteiger partial charge < -0.3 is 14.0 Å². The number of carbonyl (C=O) groups is 2. The fraction of sp³-hybridized carbons (Fsp3) is 0.190. The molecule has 1 amide bonds. The second-order valence-electron chi connectivity index (χ2n) is 5.83. The zero-order chi connectivity index (χ0) is 20.1.